The van der Waals surface area contributed by atoms with Crippen molar-refractivity contribution in [2.75, 3.05) is 6.61 Å². The molecule has 1 aromatic carbocycles. The first-order valence-electron chi connectivity index (χ1n) is 8.24. The van der Waals surface area contributed by atoms with Crippen molar-refractivity contribution in [1.29, 1.82) is 0 Å². The van der Waals surface area contributed by atoms with Gasteiger partial charge >= 0.3 is 5.97 Å². The first-order chi connectivity index (χ1) is 12.7. The molecule has 134 valence electrons. The molecule has 0 spiro atoms. The Kier molecular flexibility index (Phi) is 6.44. The first kappa shape index (κ1) is 18.2. The van der Waals surface area contributed by atoms with Gasteiger partial charge in [-0.3, -0.25) is 4.98 Å². The maximum absolute atomic E-state index is 12.0. The van der Waals surface area contributed by atoms with E-state index >= 15 is 0 Å². The van der Waals surface area contributed by atoms with Crippen molar-refractivity contribution in [1.82, 2.24) is 4.98 Å². The van der Waals surface area contributed by atoms with Crippen molar-refractivity contribution in [2.45, 2.75) is 19.4 Å². The van der Waals surface area contributed by atoms with Crippen molar-refractivity contribution < 1.29 is 18.7 Å². The zero-order chi connectivity index (χ0) is 18.2. The molecule has 0 aliphatic carbocycles. The van der Waals surface area contributed by atoms with E-state index < -0.39 is 5.97 Å². The summed E-state index contributed by atoms with van der Waals surface area (Å²) >= 11 is 3.39. The fourth-order valence-corrected chi connectivity index (χ4v) is 2.72. The monoisotopic (exact) mass is 415 g/mol. The normalized spacial score (nSPS) is 10.5. The van der Waals surface area contributed by atoms with Gasteiger partial charge in [0.2, 0.25) is 5.76 Å². The molecule has 0 bridgehead atoms. The van der Waals surface area contributed by atoms with Gasteiger partial charge in [0.15, 0.2) is 0 Å². The molecule has 0 amide bonds. The quantitative estimate of drug-likeness (QED) is 0.390. The molecule has 0 fully saturated rings. The van der Waals surface area contributed by atoms with E-state index in [4.69, 9.17) is 13.9 Å². The minimum absolute atomic E-state index is 0.182. The summed E-state index contributed by atoms with van der Waals surface area (Å²) in [5, 5.41) is 0. The van der Waals surface area contributed by atoms with Crippen LogP contribution in [0, 0.1) is 0 Å². The number of carbonyl (C=O) groups excluding carboxylic acids is 1. The van der Waals surface area contributed by atoms with Gasteiger partial charge < -0.3 is 13.9 Å². The number of furan rings is 1. The van der Waals surface area contributed by atoms with E-state index in [9.17, 15) is 4.79 Å². The number of aryl methyl sites for hydroxylation is 1. The van der Waals surface area contributed by atoms with Gasteiger partial charge in [0, 0.05) is 16.9 Å². The van der Waals surface area contributed by atoms with E-state index in [1.54, 1.807) is 24.5 Å². The highest BCUT2D eigenvalue weighted by molar-refractivity contribution is 9.10. The van der Waals surface area contributed by atoms with Crippen molar-refractivity contribution >= 4 is 21.9 Å². The molecule has 2 aromatic heterocycles. The number of rotatable bonds is 8. The molecule has 0 aliphatic rings. The smallest absolute Gasteiger partial charge is 0.374 e. The predicted octanol–water partition coefficient (Wildman–Crippen LogP) is 4.81. The Balaban J connectivity index is 1.42. The largest absolute Gasteiger partial charge is 0.486 e. The summed E-state index contributed by atoms with van der Waals surface area (Å²) in [6, 6.07) is 14.7. The van der Waals surface area contributed by atoms with Crippen LogP contribution in [0.15, 0.2) is 69.8 Å². The fourth-order valence-electron chi connectivity index (χ4n) is 2.34. The van der Waals surface area contributed by atoms with Crippen LogP contribution in [0.25, 0.3) is 0 Å². The highest BCUT2D eigenvalue weighted by Gasteiger charge is 2.13. The highest BCUT2D eigenvalue weighted by Crippen LogP contribution is 2.19. The molecule has 3 aromatic rings. The molecule has 5 nitrogen and oxygen atoms in total. The molecule has 0 aliphatic heterocycles. The maximum atomic E-state index is 12.0. The maximum Gasteiger partial charge on any atom is 0.374 e. The van der Waals surface area contributed by atoms with Gasteiger partial charge in [-0.2, -0.15) is 0 Å². The fraction of sp³-hybridized carbons (Fsp3) is 0.200. The van der Waals surface area contributed by atoms with Gasteiger partial charge in [0.25, 0.3) is 0 Å². The van der Waals surface area contributed by atoms with Gasteiger partial charge in [0.05, 0.1) is 6.61 Å². The van der Waals surface area contributed by atoms with Gasteiger partial charge in [0.1, 0.15) is 18.1 Å². The summed E-state index contributed by atoms with van der Waals surface area (Å²) in [6.45, 7) is 0.581. The second-order valence-electron chi connectivity index (χ2n) is 5.61. The van der Waals surface area contributed by atoms with Crippen molar-refractivity contribution in [2.24, 2.45) is 0 Å². The van der Waals surface area contributed by atoms with Crippen LogP contribution in [0.4, 0.5) is 0 Å². The molecule has 0 atom stereocenters. The summed E-state index contributed by atoms with van der Waals surface area (Å²) in [4.78, 5) is 16.0. The van der Waals surface area contributed by atoms with Gasteiger partial charge in [-0.15, -0.1) is 0 Å². The zero-order valence-electron chi connectivity index (χ0n) is 14.1. The number of esters is 1. The number of carbonyl (C=O) groups is 1. The number of pyridine rings is 1. The molecule has 0 radical (unpaired) electrons. The highest BCUT2D eigenvalue weighted by atomic mass is 79.9. The summed E-state index contributed by atoms with van der Waals surface area (Å²) in [5.74, 6) is 1.000. The molecule has 3 rings (SSSR count). The molecule has 0 saturated carbocycles. The molecular formula is C20H18BrNO4. The number of aromatic nitrogens is 1. The summed E-state index contributed by atoms with van der Waals surface area (Å²) in [7, 11) is 0. The van der Waals surface area contributed by atoms with Crippen LogP contribution < -0.4 is 4.74 Å². The third-order valence-electron chi connectivity index (χ3n) is 3.63. The lowest BCUT2D eigenvalue weighted by molar-refractivity contribution is 0.0460. The number of nitrogens with zero attached hydrogens (tertiary/aromatic N) is 1. The average Bonchev–Trinajstić information content (AvgIpc) is 3.13. The van der Waals surface area contributed by atoms with Crippen LogP contribution in [-0.4, -0.2) is 17.6 Å². The van der Waals surface area contributed by atoms with Crippen LogP contribution in [0.3, 0.4) is 0 Å². The topological polar surface area (TPSA) is 61.6 Å². The second kappa shape index (κ2) is 9.20. The molecule has 0 unspecified atom stereocenters. The van der Waals surface area contributed by atoms with Gasteiger partial charge in [-0.05, 0) is 60.9 Å². The van der Waals surface area contributed by atoms with E-state index in [0.717, 1.165) is 23.1 Å². The van der Waals surface area contributed by atoms with Crippen molar-refractivity contribution in [3.05, 3.63) is 82.5 Å². The van der Waals surface area contributed by atoms with Crippen molar-refractivity contribution in [3.63, 3.8) is 0 Å². The number of ether oxygens (including phenoxy) is 2. The van der Waals surface area contributed by atoms with E-state index in [1.165, 1.54) is 5.56 Å². The Morgan fingerprint density at radius 3 is 2.77 bits per heavy atom. The standard InChI is InChI=1S/C20H18BrNO4/c21-16-4-1-5-17(13-16)25-14-18-6-7-19(26-18)20(23)24-12-2-3-15-8-10-22-11-9-15/h1,4-11,13H,2-3,12,14H2. The Labute approximate surface area is 160 Å². The van der Waals surface area contributed by atoms with E-state index in [2.05, 4.69) is 20.9 Å². The number of benzene rings is 1. The Bertz CT molecular complexity index is 848. The van der Waals surface area contributed by atoms with Gasteiger partial charge in [-0.25, -0.2) is 4.79 Å². The molecule has 26 heavy (non-hydrogen) atoms. The Hall–Kier alpha value is -2.60. The summed E-state index contributed by atoms with van der Waals surface area (Å²) < 4.78 is 17.3. The van der Waals surface area contributed by atoms with Crippen LogP contribution in [0.5, 0.6) is 5.75 Å². The third-order valence-corrected chi connectivity index (χ3v) is 4.13. The van der Waals surface area contributed by atoms with Crippen LogP contribution in [-0.2, 0) is 17.8 Å². The predicted molar refractivity (Wildman–Crippen MR) is 100 cm³/mol. The van der Waals surface area contributed by atoms with Crippen molar-refractivity contribution in [3.8, 4) is 5.75 Å². The molecule has 0 N–H and O–H groups in total. The number of hydrogen-bond donors (Lipinski definition) is 0. The van der Waals surface area contributed by atoms with Crippen LogP contribution in [0.2, 0.25) is 0 Å². The second-order valence-corrected chi connectivity index (χ2v) is 6.52. The van der Waals surface area contributed by atoms with Crippen LogP contribution in [0.1, 0.15) is 28.3 Å². The summed E-state index contributed by atoms with van der Waals surface area (Å²) in [5.41, 5.74) is 1.17. The SMILES string of the molecule is O=C(OCCCc1ccncc1)c1ccc(COc2cccc(Br)c2)o1. The molecule has 6 heteroatoms. The lowest BCUT2D eigenvalue weighted by atomic mass is 10.1. The zero-order valence-corrected chi connectivity index (χ0v) is 15.6. The van der Waals surface area contributed by atoms with Crippen LogP contribution >= 0.6 is 15.9 Å². The number of hydrogen-bond acceptors (Lipinski definition) is 5. The van der Waals surface area contributed by atoms with E-state index in [0.29, 0.717) is 12.4 Å². The number of halogens is 1. The third kappa shape index (κ3) is 5.46. The van der Waals surface area contributed by atoms with E-state index in [1.807, 2.05) is 36.4 Å². The molecule has 2 heterocycles. The summed E-state index contributed by atoms with van der Waals surface area (Å²) in [6.07, 6.45) is 5.08. The average molecular weight is 416 g/mol. The Morgan fingerprint density at radius 1 is 1.12 bits per heavy atom. The molecule has 0 saturated heterocycles. The first-order valence-corrected chi connectivity index (χ1v) is 9.03. The minimum Gasteiger partial charge on any atom is -0.486 e. The Morgan fingerprint density at radius 2 is 1.96 bits per heavy atom. The van der Waals surface area contributed by atoms with Gasteiger partial charge in [-0.1, -0.05) is 22.0 Å². The van der Waals surface area contributed by atoms with E-state index in [-0.39, 0.29) is 12.4 Å². The lowest BCUT2D eigenvalue weighted by Gasteiger charge is -2.05. The molecular weight excluding hydrogens is 398 g/mol. The lowest BCUT2D eigenvalue weighted by Crippen LogP contribution is -2.06. The minimum atomic E-state index is -0.464.